The molecule has 1 aromatic carbocycles. The van der Waals surface area contributed by atoms with Crippen molar-refractivity contribution in [2.24, 2.45) is 5.41 Å². The highest BCUT2D eigenvalue weighted by molar-refractivity contribution is 5.74. The zero-order valence-electron chi connectivity index (χ0n) is 12.0. The van der Waals surface area contributed by atoms with Gasteiger partial charge >= 0.3 is 5.97 Å². The minimum absolute atomic E-state index is 0.0120. The minimum atomic E-state index is -0.861. The highest BCUT2D eigenvalue weighted by atomic mass is 16.6. The first-order valence-electron chi connectivity index (χ1n) is 6.57. The first-order chi connectivity index (χ1) is 9.44. The van der Waals surface area contributed by atoms with Crippen LogP contribution in [0.15, 0.2) is 18.2 Å². The zero-order chi connectivity index (χ0) is 14.8. The fourth-order valence-corrected chi connectivity index (χ4v) is 2.00. The smallest absolute Gasteiger partial charge is 0.309 e. The number of carboxylic acid groups (broad SMARTS) is 1. The molecular formula is C15H20O5. The van der Waals surface area contributed by atoms with Crippen LogP contribution in [-0.4, -0.2) is 37.5 Å². The van der Waals surface area contributed by atoms with Crippen LogP contribution in [0.1, 0.15) is 19.4 Å². The molecule has 5 heteroatoms. The summed E-state index contributed by atoms with van der Waals surface area (Å²) < 4.78 is 16.3. The van der Waals surface area contributed by atoms with Crippen LogP contribution in [0.2, 0.25) is 0 Å². The second-order valence-corrected chi connectivity index (χ2v) is 5.59. The fraction of sp³-hybridized carbons (Fsp3) is 0.533. The molecule has 0 aliphatic carbocycles. The normalized spacial score (nSPS) is 15.6. The third-order valence-corrected chi connectivity index (χ3v) is 3.38. The van der Waals surface area contributed by atoms with Crippen molar-refractivity contribution < 1.29 is 24.1 Å². The summed E-state index contributed by atoms with van der Waals surface area (Å²) in [6, 6.07) is 5.53. The molecule has 5 nitrogen and oxygen atoms in total. The topological polar surface area (TPSA) is 65.0 Å². The first-order valence-corrected chi connectivity index (χ1v) is 6.57. The Labute approximate surface area is 118 Å². The summed E-state index contributed by atoms with van der Waals surface area (Å²) in [5.41, 5.74) is -0.0238. The third-order valence-electron chi connectivity index (χ3n) is 3.38. The average molecular weight is 280 g/mol. The lowest BCUT2D eigenvalue weighted by Gasteiger charge is -2.29. The molecule has 0 saturated carbocycles. The van der Waals surface area contributed by atoms with Gasteiger partial charge in [0.1, 0.15) is 6.10 Å². The van der Waals surface area contributed by atoms with Gasteiger partial charge in [0.05, 0.1) is 25.7 Å². The monoisotopic (exact) mass is 280 g/mol. The van der Waals surface area contributed by atoms with Crippen molar-refractivity contribution in [2.45, 2.75) is 26.4 Å². The maximum atomic E-state index is 11.3. The van der Waals surface area contributed by atoms with Crippen molar-refractivity contribution in [3.05, 3.63) is 23.8 Å². The van der Waals surface area contributed by atoms with Gasteiger partial charge in [-0.15, -0.1) is 0 Å². The summed E-state index contributed by atoms with van der Waals surface area (Å²) in [7, 11) is 1.57. The quantitative estimate of drug-likeness (QED) is 0.864. The third kappa shape index (κ3) is 3.04. The predicted octanol–water partition coefficient (Wildman–Crippen LogP) is 2.13. The second kappa shape index (κ2) is 5.71. The van der Waals surface area contributed by atoms with Crippen LogP contribution >= 0.6 is 0 Å². The van der Waals surface area contributed by atoms with Gasteiger partial charge < -0.3 is 19.3 Å². The number of carbonyl (C=O) groups is 1. The minimum Gasteiger partial charge on any atom is -0.493 e. The second-order valence-electron chi connectivity index (χ2n) is 5.59. The van der Waals surface area contributed by atoms with E-state index < -0.39 is 11.4 Å². The summed E-state index contributed by atoms with van der Waals surface area (Å²) in [6.07, 6.45) is 0.389. The van der Waals surface area contributed by atoms with Gasteiger partial charge in [-0.3, -0.25) is 4.79 Å². The molecule has 1 saturated heterocycles. The van der Waals surface area contributed by atoms with E-state index in [1.807, 2.05) is 18.2 Å². The number of aliphatic carboxylic acids is 1. The highest BCUT2D eigenvalue weighted by Crippen LogP contribution is 2.36. The summed E-state index contributed by atoms with van der Waals surface area (Å²) >= 11 is 0. The Morgan fingerprint density at radius 1 is 1.45 bits per heavy atom. The van der Waals surface area contributed by atoms with Gasteiger partial charge in [-0.05, 0) is 31.9 Å². The van der Waals surface area contributed by atoms with Crippen LogP contribution in [0.3, 0.4) is 0 Å². The van der Waals surface area contributed by atoms with Gasteiger partial charge in [0.15, 0.2) is 11.5 Å². The van der Waals surface area contributed by atoms with E-state index in [1.165, 1.54) is 0 Å². The SMILES string of the molecule is COc1cccc(CC(C)(C)C(=O)O)c1OC1COC1. The molecule has 2 rings (SSSR count). The van der Waals surface area contributed by atoms with Gasteiger partial charge in [0.25, 0.3) is 0 Å². The molecule has 1 aliphatic rings. The van der Waals surface area contributed by atoms with E-state index >= 15 is 0 Å². The largest absolute Gasteiger partial charge is 0.493 e. The van der Waals surface area contributed by atoms with Crippen molar-refractivity contribution in [3.63, 3.8) is 0 Å². The lowest BCUT2D eigenvalue weighted by atomic mass is 9.85. The van der Waals surface area contributed by atoms with Crippen molar-refractivity contribution in [1.82, 2.24) is 0 Å². The maximum Gasteiger partial charge on any atom is 0.309 e. The molecular weight excluding hydrogens is 260 g/mol. The van der Waals surface area contributed by atoms with Crippen molar-refractivity contribution in [3.8, 4) is 11.5 Å². The number of ether oxygens (including phenoxy) is 3. The Morgan fingerprint density at radius 3 is 2.65 bits per heavy atom. The van der Waals surface area contributed by atoms with Crippen molar-refractivity contribution in [1.29, 1.82) is 0 Å². The molecule has 0 unspecified atom stereocenters. The molecule has 110 valence electrons. The van der Waals surface area contributed by atoms with E-state index in [2.05, 4.69) is 0 Å². The van der Waals surface area contributed by atoms with Crippen molar-refractivity contribution >= 4 is 5.97 Å². The summed E-state index contributed by atoms with van der Waals surface area (Å²) in [5, 5.41) is 9.27. The molecule has 0 spiro atoms. The van der Waals surface area contributed by atoms with Crippen LogP contribution in [0.5, 0.6) is 11.5 Å². The molecule has 0 bridgehead atoms. The van der Waals surface area contributed by atoms with Crippen LogP contribution in [0, 0.1) is 5.41 Å². The Hall–Kier alpha value is -1.75. The number of rotatable bonds is 6. The molecule has 0 radical (unpaired) electrons. The summed E-state index contributed by atoms with van der Waals surface area (Å²) in [4.78, 5) is 11.3. The Bertz CT molecular complexity index is 491. The van der Waals surface area contributed by atoms with E-state index in [0.717, 1.165) is 5.56 Å². The van der Waals surface area contributed by atoms with Gasteiger partial charge in [0, 0.05) is 0 Å². The summed E-state index contributed by atoms with van der Waals surface area (Å²) in [6.45, 7) is 4.51. The first kappa shape index (κ1) is 14.7. The van der Waals surface area contributed by atoms with Crippen LogP contribution in [0.4, 0.5) is 0 Å². The number of para-hydroxylation sites is 1. The number of carboxylic acids is 1. The molecule has 0 amide bonds. The molecule has 0 aromatic heterocycles. The van der Waals surface area contributed by atoms with E-state index in [4.69, 9.17) is 14.2 Å². The highest BCUT2D eigenvalue weighted by Gasteiger charge is 2.30. The van der Waals surface area contributed by atoms with Gasteiger partial charge in [-0.2, -0.15) is 0 Å². The molecule has 1 N–H and O–H groups in total. The zero-order valence-corrected chi connectivity index (χ0v) is 12.0. The van der Waals surface area contributed by atoms with E-state index in [9.17, 15) is 9.90 Å². The van der Waals surface area contributed by atoms with Gasteiger partial charge in [0.2, 0.25) is 0 Å². The van der Waals surface area contributed by atoms with E-state index in [0.29, 0.717) is 31.1 Å². The molecule has 1 aliphatic heterocycles. The van der Waals surface area contributed by atoms with E-state index in [1.54, 1.807) is 21.0 Å². The number of hydrogen-bond donors (Lipinski definition) is 1. The van der Waals surface area contributed by atoms with E-state index in [-0.39, 0.29) is 6.10 Å². The van der Waals surface area contributed by atoms with Gasteiger partial charge in [-0.25, -0.2) is 0 Å². The van der Waals surface area contributed by atoms with Gasteiger partial charge in [-0.1, -0.05) is 12.1 Å². The molecule has 1 fully saturated rings. The van der Waals surface area contributed by atoms with Crippen LogP contribution in [-0.2, 0) is 16.0 Å². The number of benzene rings is 1. The van der Waals surface area contributed by atoms with Crippen molar-refractivity contribution in [2.75, 3.05) is 20.3 Å². The lowest BCUT2D eigenvalue weighted by Crippen LogP contribution is -2.39. The number of hydrogen-bond acceptors (Lipinski definition) is 4. The molecule has 1 heterocycles. The Balaban J connectivity index is 2.28. The maximum absolute atomic E-state index is 11.3. The van der Waals surface area contributed by atoms with Crippen LogP contribution < -0.4 is 9.47 Å². The van der Waals surface area contributed by atoms with Crippen LogP contribution in [0.25, 0.3) is 0 Å². The molecule has 1 aromatic rings. The number of methoxy groups -OCH3 is 1. The average Bonchev–Trinajstić information content (AvgIpc) is 2.34. The molecule has 20 heavy (non-hydrogen) atoms. The standard InChI is InChI=1S/C15H20O5/c1-15(2,14(16)17)7-10-5-4-6-12(18-3)13(10)20-11-8-19-9-11/h4-6,11H,7-9H2,1-3H3,(H,16,17). The Morgan fingerprint density at radius 2 is 2.15 bits per heavy atom. The lowest BCUT2D eigenvalue weighted by molar-refractivity contribution is -0.146. The molecule has 0 atom stereocenters. The Kier molecular flexibility index (Phi) is 4.18. The fourth-order valence-electron chi connectivity index (χ4n) is 2.00. The predicted molar refractivity (Wildman–Crippen MR) is 73.3 cm³/mol. The summed E-state index contributed by atoms with van der Waals surface area (Å²) in [5.74, 6) is 0.409.